The van der Waals surface area contributed by atoms with Gasteiger partial charge in [-0.05, 0) is 58.7 Å². The van der Waals surface area contributed by atoms with Gasteiger partial charge in [-0.25, -0.2) is 5.43 Å². The molecule has 0 bridgehead atoms. The molecular weight excluding hydrogens is 450 g/mol. The molecule has 0 saturated heterocycles. The summed E-state index contributed by atoms with van der Waals surface area (Å²) in [5.74, 6) is -0.401. The van der Waals surface area contributed by atoms with Gasteiger partial charge in [-0.15, -0.1) is 0 Å². The first-order valence-electron chi connectivity index (χ1n) is 8.41. The molecule has 0 radical (unpaired) electrons. The van der Waals surface area contributed by atoms with Gasteiger partial charge in [0.2, 0.25) is 11.8 Å². The minimum Gasteiger partial charge on any atom is -0.503 e. The molecule has 0 heterocycles. The molecular formula is C19H19BrClN3O4. The van der Waals surface area contributed by atoms with Crippen molar-refractivity contribution in [3.05, 3.63) is 51.5 Å². The van der Waals surface area contributed by atoms with Crippen LogP contribution in [0.4, 0.5) is 5.69 Å². The second-order valence-corrected chi connectivity index (χ2v) is 6.92. The van der Waals surface area contributed by atoms with E-state index in [0.717, 1.165) is 0 Å². The Bertz CT molecular complexity index is 889. The largest absolute Gasteiger partial charge is 0.503 e. The van der Waals surface area contributed by atoms with Crippen LogP contribution in [0.2, 0.25) is 5.02 Å². The number of hydrogen-bond donors (Lipinski definition) is 3. The van der Waals surface area contributed by atoms with Crippen molar-refractivity contribution >= 4 is 51.2 Å². The van der Waals surface area contributed by atoms with E-state index in [-0.39, 0.29) is 24.5 Å². The van der Waals surface area contributed by atoms with E-state index in [2.05, 4.69) is 31.8 Å². The number of amides is 2. The number of nitrogens with zero attached hydrogens (tertiary/aromatic N) is 1. The molecule has 0 aliphatic carbocycles. The standard InChI is InChI=1S/C19H19BrClN3O4/c1-2-28-16-9-12(8-15(20)19(16)27)11-22-24-18(26)7-6-17(25)23-14-5-3-4-13(21)10-14/h3-5,8-11,27H,2,6-7H2,1H3,(H,23,25)(H,24,26). The van der Waals surface area contributed by atoms with Crippen LogP contribution in [0, 0.1) is 0 Å². The Morgan fingerprint density at radius 2 is 2.00 bits per heavy atom. The Morgan fingerprint density at radius 1 is 1.25 bits per heavy atom. The number of anilines is 1. The van der Waals surface area contributed by atoms with Crippen LogP contribution >= 0.6 is 27.5 Å². The molecule has 0 fully saturated rings. The molecule has 0 aliphatic heterocycles. The summed E-state index contributed by atoms with van der Waals surface area (Å²) in [6.07, 6.45) is 1.40. The molecule has 3 N–H and O–H groups in total. The maximum atomic E-state index is 11.9. The number of carbonyl (C=O) groups is 2. The van der Waals surface area contributed by atoms with Crippen LogP contribution in [0.1, 0.15) is 25.3 Å². The quantitative estimate of drug-likeness (QED) is 0.401. The van der Waals surface area contributed by atoms with E-state index >= 15 is 0 Å². The summed E-state index contributed by atoms with van der Waals surface area (Å²) < 4.78 is 5.77. The lowest BCUT2D eigenvalue weighted by Gasteiger charge is -2.08. The van der Waals surface area contributed by atoms with Crippen LogP contribution in [-0.2, 0) is 9.59 Å². The number of halogens is 2. The van der Waals surface area contributed by atoms with E-state index in [1.807, 2.05) is 0 Å². The molecule has 2 rings (SSSR count). The topological polar surface area (TPSA) is 100 Å². The Balaban J connectivity index is 1.82. The van der Waals surface area contributed by atoms with Crippen LogP contribution < -0.4 is 15.5 Å². The minimum atomic E-state index is -0.402. The van der Waals surface area contributed by atoms with Crippen LogP contribution in [0.3, 0.4) is 0 Å². The van der Waals surface area contributed by atoms with Crippen molar-refractivity contribution < 1.29 is 19.4 Å². The van der Waals surface area contributed by atoms with Gasteiger partial charge in [-0.2, -0.15) is 5.10 Å². The highest BCUT2D eigenvalue weighted by Crippen LogP contribution is 2.35. The monoisotopic (exact) mass is 467 g/mol. The summed E-state index contributed by atoms with van der Waals surface area (Å²) in [7, 11) is 0. The summed E-state index contributed by atoms with van der Waals surface area (Å²) in [6.45, 7) is 2.20. The summed E-state index contributed by atoms with van der Waals surface area (Å²) >= 11 is 9.08. The molecule has 0 aromatic heterocycles. The predicted octanol–water partition coefficient (Wildman–Crippen LogP) is 4.08. The van der Waals surface area contributed by atoms with Crippen LogP contribution in [0.5, 0.6) is 11.5 Å². The number of phenolic OH excluding ortho intramolecular Hbond substituents is 1. The van der Waals surface area contributed by atoms with Gasteiger partial charge in [0.15, 0.2) is 11.5 Å². The summed E-state index contributed by atoms with van der Waals surface area (Å²) in [6, 6.07) is 9.98. The van der Waals surface area contributed by atoms with E-state index in [4.69, 9.17) is 16.3 Å². The lowest BCUT2D eigenvalue weighted by atomic mass is 10.2. The average molecular weight is 469 g/mol. The number of ether oxygens (including phenoxy) is 1. The number of hydrogen-bond acceptors (Lipinski definition) is 5. The molecule has 9 heteroatoms. The maximum absolute atomic E-state index is 11.9. The van der Waals surface area contributed by atoms with Crippen LogP contribution in [0.25, 0.3) is 0 Å². The Morgan fingerprint density at radius 3 is 2.71 bits per heavy atom. The van der Waals surface area contributed by atoms with E-state index in [1.54, 1.807) is 43.3 Å². The van der Waals surface area contributed by atoms with Crippen molar-refractivity contribution in [2.24, 2.45) is 5.10 Å². The number of aromatic hydroxyl groups is 1. The number of hydrazone groups is 1. The Kier molecular flexibility index (Phi) is 8.28. The lowest BCUT2D eigenvalue weighted by Crippen LogP contribution is -2.20. The van der Waals surface area contributed by atoms with E-state index in [1.165, 1.54) is 6.21 Å². The molecule has 0 atom stereocenters. The van der Waals surface area contributed by atoms with E-state index in [9.17, 15) is 14.7 Å². The van der Waals surface area contributed by atoms with Crippen molar-refractivity contribution in [2.75, 3.05) is 11.9 Å². The molecule has 0 aliphatic rings. The normalized spacial score (nSPS) is 10.7. The molecule has 2 amide bonds. The van der Waals surface area contributed by atoms with Crippen LogP contribution in [-0.4, -0.2) is 29.7 Å². The lowest BCUT2D eigenvalue weighted by molar-refractivity contribution is -0.124. The predicted molar refractivity (Wildman–Crippen MR) is 112 cm³/mol. The third kappa shape index (κ3) is 6.86. The van der Waals surface area contributed by atoms with Gasteiger partial charge in [-0.1, -0.05) is 17.7 Å². The van der Waals surface area contributed by atoms with Gasteiger partial charge in [0.1, 0.15) is 0 Å². The Hall–Kier alpha value is -2.58. The number of carbonyl (C=O) groups excluding carboxylic acids is 2. The maximum Gasteiger partial charge on any atom is 0.240 e. The van der Waals surface area contributed by atoms with Gasteiger partial charge in [0.25, 0.3) is 0 Å². The zero-order chi connectivity index (χ0) is 20.5. The highest BCUT2D eigenvalue weighted by Gasteiger charge is 2.09. The van der Waals surface area contributed by atoms with Crippen LogP contribution in [0.15, 0.2) is 46.0 Å². The molecule has 0 spiro atoms. The van der Waals surface area contributed by atoms with Crippen molar-refractivity contribution in [1.29, 1.82) is 0 Å². The highest BCUT2D eigenvalue weighted by atomic mass is 79.9. The van der Waals surface area contributed by atoms with Crippen molar-refractivity contribution in [1.82, 2.24) is 5.43 Å². The number of nitrogens with one attached hydrogen (secondary N) is 2. The third-order valence-corrected chi connectivity index (χ3v) is 4.28. The fourth-order valence-corrected chi connectivity index (χ4v) is 2.84. The van der Waals surface area contributed by atoms with E-state index in [0.29, 0.717) is 33.1 Å². The van der Waals surface area contributed by atoms with Gasteiger partial charge < -0.3 is 15.2 Å². The van der Waals surface area contributed by atoms with Gasteiger partial charge in [0.05, 0.1) is 17.3 Å². The van der Waals surface area contributed by atoms with Crippen molar-refractivity contribution in [3.63, 3.8) is 0 Å². The number of benzene rings is 2. The van der Waals surface area contributed by atoms with Gasteiger partial charge in [-0.3, -0.25) is 9.59 Å². The highest BCUT2D eigenvalue weighted by molar-refractivity contribution is 9.10. The SMILES string of the molecule is CCOc1cc(C=NNC(=O)CCC(=O)Nc2cccc(Cl)c2)cc(Br)c1O. The first-order chi connectivity index (χ1) is 13.4. The summed E-state index contributed by atoms with van der Waals surface area (Å²) in [5, 5.41) is 16.9. The van der Waals surface area contributed by atoms with Crippen molar-refractivity contribution in [3.8, 4) is 11.5 Å². The summed E-state index contributed by atoms with van der Waals surface area (Å²) in [5.41, 5.74) is 3.54. The first kappa shape index (κ1) is 21.7. The molecule has 28 heavy (non-hydrogen) atoms. The average Bonchev–Trinajstić information content (AvgIpc) is 2.64. The second-order valence-electron chi connectivity index (χ2n) is 5.63. The van der Waals surface area contributed by atoms with E-state index < -0.39 is 5.91 Å². The zero-order valence-corrected chi connectivity index (χ0v) is 17.4. The fraction of sp³-hybridized carbons (Fsp3) is 0.211. The number of phenols is 1. The first-order valence-corrected chi connectivity index (χ1v) is 9.58. The van der Waals surface area contributed by atoms with Crippen molar-refractivity contribution in [2.45, 2.75) is 19.8 Å². The molecule has 0 saturated carbocycles. The van der Waals surface area contributed by atoms with Gasteiger partial charge in [0, 0.05) is 23.6 Å². The van der Waals surface area contributed by atoms with Gasteiger partial charge >= 0.3 is 0 Å². The molecule has 0 unspecified atom stereocenters. The molecule has 2 aromatic carbocycles. The smallest absolute Gasteiger partial charge is 0.240 e. The third-order valence-electron chi connectivity index (χ3n) is 3.44. The Labute approximate surface area is 175 Å². The molecule has 2 aromatic rings. The molecule has 7 nitrogen and oxygen atoms in total. The molecule has 148 valence electrons. The zero-order valence-electron chi connectivity index (χ0n) is 15.0. The fourth-order valence-electron chi connectivity index (χ4n) is 2.19. The summed E-state index contributed by atoms with van der Waals surface area (Å²) in [4.78, 5) is 23.7. The second kappa shape index (κ2) is 10.7. The number of rotatable bonds is 8. The minimum absolute atomic E-state index is 0.00579.